The SMILES string of the molecule is CC(C)Cn1nnc(CC2CCNCC2)n1. The maximum absolute atomic E-state index is 4.42. The number of nitrogens with one attached hydrogen (secondary N) is 1. The largest absolute Gasteiger partial charge is 0.317 e. The van der Waals surface area contributed by atoms with Crippen molar-refractivity contribution in [2.45, 2.75) is 39.7 Å². The summed E-state index contributed by atoms with van der Waals surface area (Å²) >= 11 is 0. The smallest absolute Gasteiger partial charge is 0.175 e. The van der Waals surface area contributed by atoms with E-state index in [-0.39, 0.29) is 0 Å². The van der Waals surface area contributed by atoms with Gasteiger partial charge in [0.2, 0.25) is 0 Å². The minimum Gasteiger partial charge on any atom is -0.317 e. The van der Waals surface area contributed by atoms with Gasteiger partial charge in [0.25, 0.3) is 0 Å². The lowest BCUT2D eigenvalue weighted by molar-refractivity contribution is 0.365. The molecule has 2 heterocycles. The highest BCUT2D eigenvalue weighted by atomic mass is 15.6. The molecule has 0 bridgehead atoms. The van der Waals surface area contributed by atoms with E-state index in [1.165, 1.54) is 12.8 Å². The molecule has 0 spiro atoms. The molecule has 5 heteroatoms. The molecule has 1 saturated heterocycles. The van der Waals surface area contributed by atoms with E-state index in [1.807, 2.05) is 0 Å². The molecule has 90 valence electrons. The van der Waals surface area contributed by atoms with E-state index < -0.39 is 0 Å². The highest BCUT2D eigenvalue weighted by Crippen LogP contribution is 2.15. The summed E-state index contributed by atoms with van der Waals surface area (Å²) in [5.74, 6) is 2.21. The van der Waals surface area contributed by atoms with Crippen molar-refractivity contribution < 1.29 is 0 Å². The molecule has 2 rings (SSSR count). The van der Waals surface area contributed by atoms with Gasteiger partial charge < -0.3 is 5.32 Å². The van der Waals surface area contributed by atoms with Gasteiger partial charge in [-0.1, -0.05) is 13.8 Å². The van der Waals surface area contributed by atoms with E-state index in [0.29, 0.717) is 5.92 Å². The summed E-state index contributed by atoms with van der Waals surface area (Å²) in [5, 5.41) is 16.0. The molecule has 0 saturated carbocycles. The van der Waals surface area contributed by atoms with Gasteiger partial charge in [0.15, 0.2) is 5.82 Å². The van der Waals surface area contributed by atoms with E-state index in [4.69, 9.17) is 0 Å². The first-order chi connectivity index (χ1) is 7.74. The van der Waals surface area contributed by atoms with Crippen molar-refractivity contribution in [1.29, 1.82) is 0 Å². The van der Waals surface area contributed by atoms with Crippen LogP contribution >= 0.6 is 0 Å². The second kappa shape index (κ2) is 5.39. The Balaban J connectivity index is 1.86. The number of piperidine rings is 1. The first-order valence-electron chi connectivity index (χ1n) is 6.21. The molecule has 0 atom stereocenters. The Labute approximate surface area is 96.6 Å². The standard InChI is InChI=1S/C11H21N5/c1-9(2)8-16-14-11(13-15-16)7-10-3-5-12-6-4-10/h9-10,12H,3-8H2,1-2H3. The highest BCUT2D eigenvalue weighted by Gasteiger charge is 2.16. The van der Waals surface area contributed by atoms with Crippen molar-refractivity contribution in [3.63, 3.8) is 0 Å². The Morgan fingerprint density at radius 3 is 2.81 bits per heavy atom. The summed E-state index contributed by atoms with van der Waals surface area (Å²) in [5.41, 5.74) is 0. The average molecular weight is 223 g/mol. The Bertz CT molecular complexity index is 314. The lowest BCUT2D eigenvalue weighted by atomic mass is 9.94. The minimum atomic E-state index is 0.570. The maximum Gasteiger partial charge on any atom is 0.175 e. The van der Waals surface area contributed by atoms with Crippen LogP contribution in [0, 0.1) is 11.8 Å². The predicted molar refractivity (Wildman–Crippen MR) is 62.0 cm³/mol. The Morgan fingerprint density at radius 1 is 1.38 bits per heavy atom. The zero-order chi connectivity index (χ0) is 11.4. The number of hydrogen-bond donors (Lipinski definition) is 1. The van der Waals surface area contributed by atoms with Gasteiger partial charge in [0, 0.05) is 6.42 Å². The van der Waals surface area contributed by atoms with Crippen LogP contribution in [-0.2, 0) is 13.0 Å². The lowest BCUT2D eigenvalue weighted by Gasteiger charge is -2.20. The second-order valence-electron chi connectivity index (χ2n) is 5.05. The molecule has 0 aromatic carbocycles. The third kappa shape index (κ3) is 3.27. The van der Waals surface area contributed by atoms with Crippen molar-refractivity contribution in [2.24, 2.45) is 11.8 Å². The minimum absolute atomic E-state index is 0.570. The zero-order valence-corrected chi connectivity index (χ0v) is 10.2. The predicted octanol–water partition coefficient (Wildman–Crippen LogP) is 0.871. The van der Waals surface area contributed by atoms with E-state index in [1.54, 1.807) is 4.80 Å². The van der Waals surface area contributed by atoms with Crippen LogP contribution in [0.2, 0.25) is 0 Å². The molecule has 5 nitrogen and oxygen atoms in total. The molecule has 1 aliphatic rings. The summed E-state index contributed by atoms with van der Waals surface area (Å²) in [6.07, 6.45) is 3.46. The van der Waals surface area contributed by atoms with Gasteiger partial charge in [-0.3, -0.25) is 0 Å². The third-order valence-electron chi connectivity index (χ3n) is 2.95. The zero-order valence-electron chi connectivity index (χ0n) is 10.2. The number of nitrogens with zero attached hydrogens (tertiary/aromatic N) is 4. The summed E-state index contributed by atoms with van der Waals surface area (Å²) in [6, 6.07) is 0. The summed E-state index contributed by atoms with van der Waals surface area (Å²) < 4.78 is 0. The van der Waals surface area contributed by atoms with Gasteiger partial charge >= 0.3 is 0 Å². The van der Waals surface area contributed by atoms with Gasteiger partial charge in [-0.15, -0.1) is 10.2 Å². The molecular weight excluding hydrogens is 202 g/mol. The van der Waals surface area contributed by atoms with E-state index in [9.17, 15) is 0 Å². The van der Waals surface area contributed by atoms with Crippen LogP contribution in [0.5, 0.6) is 0 Å². The van der Waals surface area contributed by atoms with Gasteiger partial charge in [0.05, 0.1) is 6.54 Å². The third-order valence-corrected chi connectivity index (χ3v) is 2.95. The molecule has 0 radical (unpaired) electrons. The molecule has 1 aromatic heterocycles. The van der Waals surface area contributed by atoms with Gasteiger partial charge in [0.1, 0.15) is 0 Å². The molecule has 0 aliphatic carbocycles. The van der Waals surface area contributed by atoms with Gasteiger partial charge in [-0.2, -0.15) is 4.80 Å². The van der Waals surface area contributed by atoms with Crippen LogP contribution in [-0.4, -0.2) is 33.3 Å². The van der Waals surface area contributed by atoms with Crippen LogP contribution in [0.4, 0.5) is 0 Å². The van der Waals surface area contributed by atoms with Crippen LogP contribution in [0.15, 0.2) is 0 Å². The topological polar surface area (TPSA) is 55.6 Å². The maximum atomic E-state index is 4.42. The van der Waals surface area contributed by atoms with Gasteiger partial charge in [-0.05, 0) is 43.0 Å². The molecule has 0 unspecified atom stereocenters. The van der Waals surface area contributed by atoms with Crippen LogP contribution < -0.4 is 5.32 Å². The fourth-order valence-corrected chi connectivity index (χ4v) is 2.11. The van der Waals surface area contributed by atoms with Crippen molar-refractivity contribution >= 4 is 0 Å². The molecule has 1 aromatic rings. The molecular formula is C11H21N5. The second-order valence-corrected chi connectivity index (χ2v) is 5.05. The molecule has 16 heavy (non-hydrogen) atoms. The Hall–Kier alpha value is -0.970. The van der Waals surface area contributed by atoms with Gasteiger partial charge in [-0.25, -0.2) is 0 Å². The first-order valence-corrected chi connectivity index (χ1v) is 6.21. The molecule has 0 amide bonds. The summed E-state index contributed by atoms with van der Waals surface area (Å²) in [7, 11) is 0. The number of tetrazole rings is 1. The van der Waals surface area contributed by atoms with Crippen LogP contribution in [0.25, 0.3) is 0 Å². The van der Waals surface area contributed by atoms with E-state index in [2.05, 4.69) is 34.6 Å². The highest BCUT2D eigenvalue weighted by molar-refractivity contribution is 4.83. The molecule has 1 N–H and O–H groups in total. The number of hydrogen-bond acceptors (Lipinski definition) is 4. The lowest BCUT2D eigenvalue weighted by Crippen LogP contribution is -2.28. The normalized spacial score (nSPS) is 18.2. The fourth-order valence-electron chi connectivity index (χ4n) is 2.11. The summed E-state index contributed by atoms with van der Waals surface area (Å²) in [4.78, 5) is 1.72. The van der Waals surface area contributed by atoms with E-state index >= 15 is 0 Å². The van der Waals surface area contributed by atoms with Crippen LogP contribution in [0.3, 0.4) is 0 Å². The fraction of sp³-hybridized carbons (Fsp3) is 0.909. The van der Waals surface area contributed by atoms with Crippen molar-refractivity contribution in [1.82, 2.24) is 25.5 Å². The van der Waals surface area contributed by atoms with E-state index in [0.717, 1.165) is 37.8 Å². The van der Waals surface area contributed by atoms with Crippen molar-refractivity contribution in [3.8, 4) is 0 Å². The molecule has 1 fully saturated rings. The summed E-state index contributed by atoms with van der Waals surface area (Å²) in [6.45, 7) is 7.44. The Kier molecular flexibility index (Phi) is 3.88. The molecule has 1 aliphatic heterocycles. The van der Waals surface area contributed by atoms with Crippen LogP contribution in [0.1, 0.15) is 32.5 Å². The Morgan fingerprint density at radius 2 is 2.12 bits per heavy atom. The number of aromatic nitrogens is 4. The van der Waals surface area contributed by atoms with Crippen molar-refractivity contribution in [3.05, 3.63) is 5.82 Å². The quantitative estimate of drug-likeness (QED) is 0.823. The average Bonchev–Trinajstić information content (AvgIpc) is 2.66. The first kappa shape index (κ1) is 11.5. The number of rotatable bonds is 4. The monoisotopic (exact) mass is 223 g/mol. The van der Waals surface area contributed by atoms with Crippen molar-refractivity contribution in [2.75, 3.05) is 13.1 Å².